The first-order chi connectivity index (χ1) is 10.6. The van der Waals surface area contributed by atoms with Gasteiger partial charge in [-0.2, -0.15) is 4.98 Å². The number of hydrogen-bond acceptors (Lipinski definition) is 5. The zero-order valence-corrected chi connectivity index (χ0v) is 13.2. The van der Waals surface area contributed by atoms with Crippen LogP contribution in [0.15, 0.2) is 29.4 Å². The molecule has 0 radical (unpaired) electrons. The summed E-state index contributed by atoms with van der Waals surface area (Å²) in [5, 5.41) is 9.88. The summed E-state index contributed by atoms with van der Waals surface area (Å²) in [5.41, 5.74) is 8.06. The Hall–Kier alpha value is -2.02. The van der Waals surface area contributed by atoms with Crippen molar-refractivity contribution in [3.05, 3.63) is 35.4 Å². The topological polar surface area (TPSA) is 96.7 Å². The van der Waals surface area contributed by atoms with Gasteiger partial charge in [-0.3, -0.25) is 4.79 Å². The van der Waals surface area contributed by atoms with Crippen LogP contribution in [0.5, 0.6) is 0 Å². The number of aromatic nitrogens is 3. The number of fused-ring (bicyclic) bond motifs is 1. The molecule has 4 N–H and O–H groups in total. The fourth-order valence-corrected chi connectivity index (χ4v) is 3.46. The van der Waals surface area contributed by atoms with Crippen LogP contribution in [0.1, 0.15) is 36.9 Å². The van der Waals surface area contributed by atoms with E-state index in [2.05, 4.69) is 38.7 Å². The number of nitrogen functional groups attached to an aromatic ring is 1. The third-order valence-electron chi connectivity index (χ3n) is 3.82. The van der Waals surface area contributed by atoms with Crippen molar-refractivity contribution in [1.29, 1.82) is 0 Å². The van der Waals surface area contributed by atoms with Crippen molar-refractivity contribution in [3.8, 4) is 0 Å². The molecule has 7 heteroatoms. The summed E-state index contributed by atoms with van der Waals surface area (Å²) >= 11 is 1.30. The van der Waals surface area contributed by atoms with Gasteiger partial charge in [0, 0.05) is 0 Å². The standard InChI is InChI=1S/C15H19N5OS/c1-9(22-15-18-14(16)19-20-15)13(21)17-12-8-4-6-10-5-2-3-7-11(10)12/h2-3,5,7,9,12H,4,6,8H2,1H3,(H,17,21)(H3,16,18,19,20). The molecule has 0 fully saturated rings. The van der Waals surface area contributed by atoms with Crippen LogP contribution in [0, 0.1) is 0 Å². The van der Waals surface area contributed by atoms with E-state index in [4.69, 9.17) is 5.73 Å². The number of aryl methyl sites for hydroxylation is 1. The third-order valence-corrected chi connectivity index (χ3v) is 4.78. The highest BCUT2D eigenvalue weighted by atomic mass is 32.2. The van der Waals surface area contributed by atoms with E-state index in [-0.39, 0.29) is 23.1 Å². The first-order valence-electron chi connectivity index (χ1n) is 7.36. The highest BCUT2D eigenvalue weighted by molar-refractivity contribution is 8.00. The molecule has 1 aromatic heterocycles. The fraction of sp³-hybridized carbons (Fsp3) is 0.400. The van der Waals surface area contributed by atoms with Gasteiger partial charge in [0.1, 0.15) is 0 Å². The van der Waals surface area contributed by atoms with Gasteiger partial charge >= 0.3 is 0 Å². The average molecular weight is 317 g/mol. The Morgan fingerprint density at radius 1 is 1.50 bits per heavy atom. The number of hydrogen-bond donors (Lipinski definition) is 3. The van der Waals surface area contributed by atoms with Crippen molar-refractivity contribution in [3.63, 3.8) is 0 Å². The lowest BCUT2D eigenvalue weighted by molar-refractivity contribution is -0.121. The van der Waals surface area contributed by atoms with Crippen LogP contribution in [-0.2, 0) is 11.2 Å². The number of nitrogens with two attached hydrogens (primary N) is 1. The van der Waals surface area contributed by atoms with E-state index >= 15 is 0 Å². The number of anilines is 1. The molecule has 1 amide bonds. The van der Waals surface area contributed by atoms with Gasteiger partial charge in [0.05, 0.1) is 11.3 Å². The fourth-order valence-electron chi connectivity index (χ4n) is 2.72. The highest BCUT2D eigenvalue weighted by Gasteiger charge is 2.24. The van der Waals surface area contributed by atoms with Gasteiger partial charge in [-0.05, 0) is 37.3 Å². The Kier molecular flexibility index (Phi) is 4.33. The van der Waals surface area contributed by atoms with Crippen LogP contribution in [0.2, 0.25) is 0 Å². The number of nitrogens with one attached hydrogen (secondary N) is 2. The summed E-state index contributed by atoms with van der Waals surface area (Å²) in [4.78, 5) is 16.4. The molecule has 1 aliphatic carbocycles. The second-order valence-electron chi connectivity index (χ2n) is 5.42. The Morgan fingerprint density at radius 3 is 3.09 bits per heavy atom. The molecule has 0 bridgehead atoms. The number of benzene rings is 1. The maximum Gasteiger partial charge on any atom is 0.233 e. The molecule has 22 heavy (non-hydrogen) atoms. The molecule has 116 valence electrons. The summed E-state index contributed by atoms with van der Waals surface area (Å²) in [6.45, 7) is 1.85. The zero-order valence-electron chi connectivity index (χ0n) is 12.4. The van der Waals surface area contributed by atoms with Gasteiger partial charge < -0.3 is 11.1 Å². The molecule has 3 rings (SSSR count). The Bertz CT molecular complexity index is 671. The van der Waals surface area contributed by atoms with E-state index in [0.29, 0.717) is 5.16 Å². The molecule has 1 heterocycles. The van der Waals surface area contributed by atoms with E-state index < -0.39 is 0 Å². The van der Waals surface area contributed by atoms with Crippen molar-refractivity contribution in [2.75, 3.05) is 5.73 Å². The number of aromatic amines is 1. The number of amides is 1. The lowest BCUT2D eigenvalue weighted by atomic mass is 9.88. The van der Waals surface area contributed by atoms with Crippen LogP contribution in [0.25, 0.3) is 0 Å². The maximum atomic E-state index is 12.4. The van der Waals surface area contributed by atoms with Gasteiger partial charge in [0.2, 0.25) is 17.0 Å². The second kappa shape index (κ2) is 6.39. The SMILES string of the molecule is CC(Sc1n[nH]c(N)n1)C(=O)NC1CCCc2ccccc21. The largest absolute Gasteiger partial charge is 0.368 e. The van der Waals surface area contributed by atoms with E-state index in [1.54, 1.807) is 0 Å². The van der Waals surface area contributed by atoms with Crippen molar-refractivity contribution in [1.82, 2.24) is 20.5 Å². The van der Waals surface area contributed by atoms with Gasteiger partial charge in [0.25, 0.3) is 0 Å². The molecule has 0 aliphatic heterocycles. The van der Waals surface area contributed by atoms with E-state index in [1.807, 2.05) is 13.0 Å². The van der Waals surface area contributed by atoms with Crippen LogP contribution >= 0.6 is 11.8 Å². The molecule has 0 saturated carbocycles. The summed E-state index contributed by atoms with van der Waals surface area (Å²) in [6, 6.07) is 8.42. The number of carbonyl (C=O) groups excluding carboxylic acids is 1. The highest BCUT2D eigenvalue weighted by Crippen LogP contribution is 2.30. The molecule has 2 aromatic rings. The predicted octanol–water partition coefficient (Wildman–Crippen LogP) is 2.06. The number of nitrogens with zero attached hydrogens (tertiary/aromatic N) is 2. The Labute approximate surface area is 133 Å². The first kappa shape index (κ1) is 14.9. The quantitative estimate of drug-likeness (QED) is 0.750. The van der Waals surface area contributed by atoms with Crippen molar-refractivity contribution >= 4 is 23.6 Å². The van der Waals surface area contributed by atoms with Gasteiger partial charge in [0.15, 0.2) is 0 Å². The van der Waals surface area contributed by atoms with E-state index in [1.165, 1.54) is 22.9 Å². The van der Waals surface area contributed by atoms with Crippen LogP contribution < -0.4 is 11.1 Å². The minimum absolute atomic E-state index is 0.00456. The molecule has 0 spiro atoms. The third kappa shape index (κ3) is 3.24. The van der Waals surface area contributed by atoms with Crippen molar-refractivity contribution < 1.29 is 4.79 Å². The number of thioether (sulfide) groups is 1. The van der Waals surface area contributed by atoms with E-state index in [0.717, 1.165) is 19.3 Å². The minimum atomic E-state index is -0.274. The molecule has 0 saturated heterocycles. The summed E-state index contributed by atoms with van der Waals surface area (Å²) in [6.07, 6.45) is 3.16. The van der Waals surface area contributed by atoms with Gasteiger partial charge in [-0.25, -0.2) is 5.10 Å². The second-order valence-corrected chi connectivity index (χ2v) is 6.72. The number of carbonyl (C=O) groups is 1. The van der Waals surface area contributed by atoms with Gasteiger partial charge in [-0.1, -0.05) is 36.0 Å². The van der Waals surface area contributed by atoms with Crippen molar-refractivity contribution in [2.24, 2.45) is 0 Å². The molecular weight excluding hydrogens is 298 g/mol. The summed E-state index contributed by atoms with van der Waals surface area (Å²) in [7, 11) is 0. The summed E-state index contributed by atoms with van der Waals surface area (Å²) in [5.74, 6) is 0.256. The lowest BCUT2D eigenvalue weighted by Gasteiger charge is -2.27. The predicted molar refractivity (Wildman–Crippen MR) is 86.4 cm³/mol. The van der Waals surface area contributed by atoms with Crippen molar-refractivity contribution in [2.45, 2.75) is 42.6 Å². The summed E-state index contributed by atoms with van der Waals surface area (Å²) < 4.78 is 0. The van der Waals surface area contributed by atoms with Gasteiger partial charge in [-0.15, -0.1) is 5.10 Å². The molecule has 2 atom stereocenters. The van der Waals surface area contributed by atoms with E-state index in [9.17, 15) is 4.79 Å². The lowest BCUT2D eigenvalue weighted by Crippen LogP contribution is -2.35. The zero-order chi connectivity index (χ0) is 15.5. The number of rotatable bonds is 4. The first-order valence-corrected chi connectivity index (χ1v) is 8.24. The molecule has 1 aliphatic rings. The molecular formula is C15H19N5OS. The monoisotopic (exact) mass is 317 g/mol. The molecule has 6 nitrogen and oxygen atoms in total. The van der Waals surface area contributed by atoms with Crippen LogP contribution in [0.3, 0.4) is 0 Å². The van der Waals surface area contributed by atoms with Crippen LogP contribution in [-0.4, -0.2) is 26.3 Å². The minimum Gasteiger partial charge on any atom is -0.368 e. The molecule has 2 unspecified atom stereocenters. The average Bonchev–Trinajstić information content (AvgIpc) is 2.92. The normalized spacial score (nSPS) is 18.5. The molecule has 1 aromatic carbocycles. The maximum absolute atomic E-state index is 12.4. The smallest absolute Gasteiger partial charge is 0.233 e. The number of H-pyrrole nitrogens is 1. The Balaban J connectivity index is 1.64. The van der Waals surface area contributed by atoms with Crippen LogP contribution in [0.4, 0.5) is 5.95 Å². The Morgan fingerprint density at radius 2 is 2.32 bits per heavy atom.